The van der Waals surface area contributed by atoms with Crippen LogP contribution in [0.25, 0.3) is 22.0 Å². The lowest BCUT2D eigenvalue weighted by Gasteiger charge is -2.46. The number of benzene rings is 2. The predicted octanol–water partition coefficient (Wildman–Crippen LogP) is 3.86. The van der Waals surface area contributed by atoms with Crippen LogP contribution in [0.4, 0.5) is 6.01 Å². The van der Waals surface area contributed by atoms with E-state index in [0.717, 1.165) is 31.7 Å². The molecule has 5 rings (SSSR count). The Balaban J connectivity index is 1.33. The lowest BCUT2D eigenvalue weighted by molar-refractivity contribution is 0.169. The van der Waals surface area contributed by atoms with E-state index in [4.69, 9.17) is 4.42 Å². The Bertz CT molecular complexity index is 1440. The Morgan fingerprint density at radius 3 is 2.59 bits per heavy atom. The van der Waals surface area contributed by atoms with Gasteiger partial charge in [0.25, 0.3) is 5.56 Å². The molecule has 8 nitrogen and oxygen atoms in total. The van der Waals surface area contributed by atoms with Crippen LogP contribution in [-0.2, 0) is 6.54 Å². The molecule has 2 aromatic carbocycles. The number of H-pyrrole nitrogens is 1. The maximum Gasteiger partial charge on any atom is 0.318 e. The third-order valence-electron chi connectivity index (χ3n) is 6.41. The molecule has 1 fully saturated rings. The second kappa shape index (κ2) is 8.43. The molecule has 2 aromatic heterocycles. The molecule has 0 radical (unpaired) electrons. The maximum atomic E-state index is 12.6. The number of fused-ring (bicyclic) bond motifs is 1. The summed E-state index contributed by atoms with van der Waals surface area (Å²) in [6.07, 6.45) is 0. The van der Waals surface area contributed by atoms with Gasteiger partial charge >= 0.3 is 6.01 Å². The molecule has 1 aliphatic heterocycles. The lowest BCUT2D eigenvalue weighted by atomic mass is 9.98. The van der Waals surface area contributed by atoms with E-state index in [0.29, 0.717) is 33.9 Å². The van der Waals surface area contributed by atoms with Crippen LogP contribution in [-0.4, -0.2) is 45.3 Å². The van der Waals surface area contributed by atoms with Crippen molar-refractivity contribution in [2.24, 2.45) is 0 Å². The van der Waals surface area contributed by atoms with E-state index in [-0.39, 0.29) is 11.1 Å². The molecule has 3 heterocycles. The molecule has 0 aliphatic carbocycles. The molecule has 4 aromatic rings. The van der Waals surface area contributed by atoms with Crippen molar-refractivity contribution in [3.63, 3.8) is 0 Å². The van der Waals surface area contributed by atoms with E-state index in [1.165, 1.54) is 5.56 Å². The fraction of sp³-hybridized carbons (Fsp3) is 0.308. The smallest absolute Gasteiger partial charge is 0.318 e. The Hall–Kier alpha value is -3.96. The van der Waals surface area contributed by atoms with Crippen molar-refractivity contribution < 1.29 is 4.42 Å². The summed E-state index contributed by atoms with van der Waals surface area (Å²) in [5.74, 6) is 0.574. The maximum absolute atomic E-state index is 12.6. The summed E-state index contributed by atoms with van der Waals surface area (Å²) >= 11 is 0. The van der Waals surface area contributed by atoms with Crippen LogP contribution in [0, 0.1) is 18.3 Å². The highest BCUT2D eigenvalue weighted by Crippen LogP contribution is 2.28. The fourth-order valence-corrected chi connectivity index (χ4v) is 4.73. The monoisotopic (exact) mass is 454 g/mol. The number of anilines is 1. The summed E-state index contributed by atoms with van der Waals surface area (Å²) in [5, 5.41) is 18.8. The number of aromatic nitrogens is 3. The van der Waals surface area contributed by atoms with Crippen molar-refractivity contribution in [1.29, 1.82) is 5.26 Å². The third kappa shape index (κ3) is 4.06. The highest BCUT2D eigenvalue weighted by molar-refractivity contribution is 5.89. The number of hydrogen-bond acceptors (Lipinski definition) is 7. The van der Waals surface area contributed by atoms with Gasteiger partial charge in [0, 0.05) is 49.6 Å². The normalized spacial score (nSPS) is 16.0. The summed E-state index contributed by atoms with van der Waals surface area (Å²) in [7, 11) is 0. The molecule has 0 amide bonds. The number of nitrogens with one attached hydrogen (secondary N) is 1. The summed E-state index contributed by atoms with van der Waals surface area (Å²) < 4.78 is 5.66. The van der Waals surface area contributed by atoms with Crippen LogP contribution < -0.4 is 10.5 Å². The molecule has 1 saturated heterocycles. The van der Waals surface area contributed by atoms with E-state index in [9.17, 15) is 10.1 Å². The van der Waals surface area contributed by atoms with Crippen molar-refractivity contribution in [2.75, 3.05) is 24.5 Å². The quantitative estimate of drug-likeness (QED) is 0.499. The number of pyridine rings is 1. The topological polar surface area (TPSA) is 102 Å². The van der Waals surface area contributed by atoms with Gasteiger partial charge in [0.1, 0.15) is 0 Å². The summed E-state index contributed by atoms with van der Waals surface area (Å²) in [6, 6.07) is 18.1. The van der Waals surface area contributed by atoms with Gasteiger partial charge < -0.3 is 14.3 Å². The van der Waals surface area contributed by atoms with Crippen molar-refractivity contribution in [2.45, 2.75) is 32.9 Å². The van der Waals surface area contributed by atoms with Crippen LogP contribution in [0.15, 0.2) is 57.7 Å². The number of hydrogen-bond donors (Lipinski definition) is 1. The Kier molecular flexibility index (Phi) is 5.42. The van der Waals surface area contributed by atoms with Crippen LogP contribution >= 0.6 is 0 Å². The molecule has 0 unspecified atom stereocenters. The first-order chi connectivity index (χ1) is 16.3. The second-order valence-corrected chi connectivity index (χ2v) is 9.37. The minimum Gasteiger partial charge on any atom is -0.408 e. The van der Waals surface area contributed by atoms with Crippen LogP contribution in [0.2, 0.25) is 0 Å². The first-order valence-corrected chi connectivity index (χ1v) is 11.3. The molecule has 0 spiro atoms. The lowest BCUT2D eigenvalue weighted by Crippen LogP contribution is -2.59. The highest BCUT2D eigenvalue weighted by atomic mass is 16.4. The van der Waals surface area contributed by atoms with E-state index < -0.39 is 0 Å². The van der Waals surface area contributed by atoms with E-state index in [1.54, 1.807) is 25.1 Å². The van der Waals surface area contributed by atoms with Crippen molar-refractivity contribution in [3.05, 3.63) is 75.9 Å². The first-order valence-electron chi connectivity index (χ1n) is 11.3. The highest BCUT2D eigenvalue weighted by Gasteiger charge is 2.36. The summed E-state index contributed by atoms with van der Waals surface area (Å²) in [5.41, 5.74) is 2.98. The van der Waals surface area contributed by atoms with Crippen molar-refractivity contribution in [1.82, 2.24) is 20.1 Å². The molecule has 0 bridgehead atoms. The van der Waals surface area contributed by atoms with Gasteiger partial charge in [-0.3, -0.25) is 9.69 Å². The number of nitrogens with zero attached hydrogens (tertiary/aromatic N) is 5. The average Bonchev–Trinajstić information content (AvgIpc) is 3.24. The Morgan fingerprint density at radius 1 is 1.12 bits per heavy atom. The number of nitriles is 1. The minimum atomic E-state index is -0.190. The fourth-order valence-electron chi connectivity index (χ4n) is 4.73. The molecule has 8 heteroatoms. The largest absolute Gasteiger partial charge is 0.408 e. The number of aromatic amines is 1. The van der Waals surface area contributed by atoms with Gasteiger partial charge in [0.2, 0.25) is 5.89 Å². The molecule has 34 heavy (non-hydrogen) atoms. The van der Waals surface area contributed by atoms with Gasteiger partial charge in [-0.05, 0) is 43.2 Å². The standard InChI is InChI=1S/C26H26N6O2/c1-17-29-30-25(34-17)32-12-11-31(16-26(32,2)3)15-18-7-9-19(10-8-18)23-13-22-20(14-27)5-4-6-21(22)24(33)28-23/h4-10,13H,11-12,15-16H2,1-3H3,(H,28,33). The zero-order valence-corrected chi connectivity index (χ0v) is 19.5. The van der Waals surface area contributed by atoms with Gasteiger partial charge in [0.15, 0.2) is 0 Å². The molecule has 0 atom stereocenters. The molecule has 0 saturated carbocycles. The number of piperazine rings is 1. The number of rotatable bonds is 4. The van der Waals surface area contributed by atoms with E-state index in [1.807, 2.05) is 18.2 Å². The predicted molar refractivity (Wildman–Crippen MR) is 130 cm³/mol. The van der Waals surface area contributed by atoms with E-state index in [2.05, 4.69) is 57.0 Å². The van der Waals surface area contributed by atoms with Gasteiger partial charge in [-0.1, -0.05) is 35.4 Å². The van der Waals surface area contributed by atoms with Gasteiger partial charge in [-0.15, -0.1) is 5.10 Å². The molecule has 172 valence electrons. The molecule has 1 N–H and O–H groups in total. The number of aryl methyl sites for hydroxylation is 1. The van der Waals surface area contributed by atoms with E-state index >= 15 is 0 Å². The SMILES string of the molecule is Cc1nnc(N2CCN(Cc3ccc(-c4cc5c(C#N)cccc5c(=O)[nH]4)cc3)CC2(C)C)o1. The molecular formula is C26H26N6O2. The zero-order valence-electron chi connectivity index (χ0n) is 19.5. The average molecular weight is 455 g/mol. The first kappa shape index (κ1) is 21.9. The zero-order chi connectivity index (χ0) is 23.9. The minimum absolute atomic E-state index is 0.139. The Labute approximate surface area is 197 Å². The summed E-state index contributed by atoms with van der Waals surface area (Å²) in [4.78, 5) is 20.1. The van der Waals surface area contributed by atoms with Gasteiger partial charge in [-0.2, -0.15) is 5.26 Å². The molecule has 1 aliphatic rings. The van der Waals surface area contributed by atoms with Gasteiger partial charge in [-0.25, -0.2) is 0 Å². The second-order valence-electron chi connectivity index (χ2n) is 9.37. The van der Waals surface area contributed by atoms with Crippen molar-refractivity contribution in [3.8, 4) is 17.3 Å². The molecular weight excluding hydrogens is 428 g/mol. The van der Waals surface area contributed by atoms with Crippen LogP contribution in [0.1, 0.15) is 30.9 Å². The van der Waals surface area contributed by atoms with Crippen LogP contribution in [0.3, 0.4) is 0 Å². The van der Waals surface area contributed by atoms with Crippen molar-refractivity contribution >= 4 is 16.8 Å². The third-order valence-corrected chi connectivity index (χ3v) is 6.41. The Morgan fingerprint density at radius 2 is 1.91 bits per heavy atom. The van der Waals surface area contributed by atoms with Crippen LogP contribution in [0.5, 0.6) is 0 Å². The summed E-state index contributed by atoms with van der Waals surface area (Å²) in [6.45, 7) is 9.58. The van der Waals surface area contributed by atoms with Gasteiger partial charge in [0.05, 0.1) is 17.2 Å².